The number of ether oxygens (including phenoxy) is 2. The van der Waals surface area contributed by atoms with Crippen LogP contribution in [-0.2, 0) is 33.5 Å². The Kier molecular flexibility index (Phi) is 11.4. The molecule has 3 fully saturated rings. The fraction of sp³-hybridized carbons (Fsp3) is 0.550. The van der Waals surface area contributed by atoms with Crippen molar-refractivity contribution in [1.82, 2.24) is 20.9 Å². The Morgan fingerprint density at radius 1 is 1.07 bits per heavy atom. The summed E-state index contributed by atoms with van der Waals surface area (Å²) in [4.78, 5) is 76.4. The number of hydrogen-bond donors (Lipinski definition) is 3. The maximum atomic E-state index is 14.8. The minimum Gasteiger partial charge on any atom is -0.495 e. The minimum atomic E-state index is -1.18. The van der Waals surface area contributed by atoms with Gasteiger partial charge in [-0.3, -0.25) is 24.0 Å². The van der Waals surface area contributed by atoms with Crippen LogP contribution in [0.25, 0.3) is 0 Å². The van der Waals surface area contributed by atoms with E-state index < -0.39 is 52.8 Å². The van der Waals surface area contributed by atoms with Gasteiger partial charge in [0.05, 0.1) is 36.0 Å². The molecule has 54 heavy (non-hydrogen) atoms. The quantitative estimate of drug-likeness (QED) is 0.230. The van der Waals surface area contributed by atoms with E-state index in [1.54, 1.807) is 27.0 Å². The molecule has 1 spiro atoms. The summed E-state index contributed by atoms with van der Waals surface area (Å²) in [5.41, 5.74) is 0.842. The van der Waals surface area contributed by atoms with Crippen LogP contribution in [0.1, 0.15) is 88.3 Å². The maximum absolute atomic E-state index is 14.8. The molecule has 2 aromatic carbocycles. The van der Waals surface area contributed by atoms with E-state index >= 15 is 0 Å². The zero-order chi connectivity index (χ0) is 38.9. The highest BCUT2D eigenvalue weighted by Gasteiger charge is 2.57. The van der Waals surface area contributed by atoms with Gasteiger partial charge in [-0.25, -0.2) is 0 Å². The Bertz CT molecular complexity index is 1810. The molecule has 0 radical (unpaired) electrons. The first-order valence-corrected chi connectivity index (χ1v) is 19.0. The van der Waals surface area contributed by atoms with Gasteiger partial charge in [0, 0.05) is 37.5 Å². The maximum Gasteiger partial charge on any atom is 0.289 e. The first-order valence-electron chi connectivity index (χ1n) is 18.7. The highest BCUT2D eigenvalue weighted by atomic mass is 35.5. The van der Waals surface area contributed by atoms with Gasteiger partial charge in [-0.1, -0.05) is 60.4 Å². The summed E-state index contributed by atoms with van der Waals surface area (Å²) in [5.74, 6) is -2.67. The topological polar surface area (TPSA) is 165 Å². The summed E-state index contributed by atoms with van der Waals surface area (Å²) in [5, 5.41) is 13.3. The van der Waals surface area contributed by atoms with E-state index in [-0.39, 0.29) is 49.6 Å². The lowest BCUT2D eigenvalue weighted by Crippen LogP contribution is -2.62. The molecule has 2 aliphatic carbocycles. The lowest BCUT2D eigenvalue weighted by molar-refractivity contribution is -0.149. The first-order chi connectivity index (χ1) is 25.7. The number of rotatable bonds is 15. The Morgan fingerprint density at radius 2 is 1.80 bits per heavy atom. The second-order valence-corrected chi connectivity index (χ2v) is 16.0. The van der Waals surface area contributed by atoms with Crippen molar-refractivity contribution >= 4 is 46.7 Å². The van der Waals surface area contributed by atoms with Crippen molar-refractivity contribution in [3.63, 3.8) is 0 Å². The number of nitrogens with one attached hydrogen (secondary N) is 3. The van der Waals surface area contributed by atoms with Gasteiger partial charge in [0.1, 0.15) is 17.8 Å². The molecule has 3 N–H and O–H groups in total. The molecule has 1 saturated heterocycles. The number of amides is 4. The van der Waals surface area contributed by atoms with Crippen molar-refractivity contribution in [2.24, 2.45) is 11.1 Å². The molecule has 0 bridgehead atoms. The lowest BCUT2D eigenvalue weighted by Gasteiger charge is -2.37. The van der Waals surface area contributed by atoms with Crippen LogP contribution in [0.5, 0.6) is 5.75 Å². The lowest BCUT2D eigenvalue weighted by atomic mass is 9.91. The highest BCUT2D eigenvalue weighted by Crippen LogP contribution is 2.48. The average Bonchev–Trinajstić information content (AvgIpc) is 4.07. The fourth-order valence-electron chi connectivity index (χ4n) is 7.53. The van der Waals surface area contributed by atoms with Crippen LogP contribution in [-0.4, -0.2) is 96.2 Å². The molecule has 6 rings (SSSR count). The fourth-order valence-corrected chi connectivity index (χ4v) is 7.87. The van der Waals surface area contributed by atoms with Gasteiger partial charge < -0.3 is 35.2 Å². The number of carbonyl (C=O) groups is 5. The molecule has 290 valence electrons. The Morgan fingerprint density at radius 3 is 2.43 bits per heavy atom. The number of benzene rings is 2. The number of halogens is 1. The summed E-state index contributed by atoms with van der Waals surface area (Å²) in [6, 6.07) is 9.94. The van der Waals surface area contributed by atoms with Crippen LogP contribution >= 0.6 is 11.6 Å². The molecular formula is C40H50ClN5O8. The third kappa shape index (κ3) is 8.27. The summed E-state index contributed by atoms with van der Waals surface area (Å²) in [6.07, 6.45) is 3.29. The van der Waals surface area contributed by atoms with Crippen molar-refractivity contribution < 1.29 is 38.3 Å². The van der Waals surface area contributed by atoms with E-state index in [1.165, 1.54) is 12.0 Å². The van der Waals surface area contributed by atoms with E-state index in [9.17, 15) is 24.0 Å². The standard InChI is InChI=1S/C40H50ClN5O8/c1-7-11-29(32(47)37(50)42-25-14-15-25)43-36(49)31-20-40(19-30(45-54-40)24-16-22(2)33(52-5)28(41)17-24)21-46(31)38(51)34(39(3,4)53-6)44-35(48)27-18-26(27)23-12-9-8-10-13-23/h8-10,12-13,16-17,25-27,29,31,34H,7,11,14-15,18-21H2,1-6H3,(H,42,50)(H,43,49)(H,44,48)/t26-,27+,29-,31-,34+,40+/m0/s1. The number of hydrogen-bond acceptors (Lipinski definition) is 9. The zero-order valence-corrected chi connectivity index (χ0v) is 32.5. The van der Waals surface area contributed by atoms with E-state index in [2.05, 4.69) is 21.1 Å². The summed E-state index contributed by atoms with van der Waals surface area (Å²) >= 11 is 6.52. The molecule has 0 aromatic heterocycles. The van der Waals surface area contributed by atoms with Gasteiger partial charge in [-0.15, -0.1) is 0 Å². The smallest absolute Gasteiger partial charge is 0.289 e. The SMILES string of the molecule is CCC[C@H](NC(=O)[C@@H]1C[C@]2(CC(c3cc(C)c(OC)c(Cl)c3)=NO2)CN1C(=O)[C@@H](NC(=O)[C@@H]1C[C@H]1c1ccccc1)C(C)(C)OC)C(=O)C(=O)NC1CC1. The van der Waals surface area contributed by atoms with Crippen LogP contribution < -0.4 is 20.7 Å². The van der Waals surface area contributed by atoms with Gasteiger partial charge >= 0.3 is 0 Å². The molecule has 4 aliphatic rings. The Labute approximate surface area is 320 Å². The number of methoxy groups -OCH3 is 2. The van der Waals surface area contributed by atoms with Crippen LogP contribution in [0, 0.1) is 12.8 Å². The predicted molar refractivity (Wildman–Crippen MR) is 201 cm³/mol. The predicted octanol–water partition coefficient (Wildman–Crippen LogP) is 3.97. The number of ketones is 1. The average molecular weight is 764 g/mol. The second kappa shape index (κ2) is 15.7. The summed E-state index contributed by atoms with van der Waals surface area (Å²) < 4.78 is 11.2. The molecule has 14 heteroatoms. The van der Waals surface area contributed by atoms with Gasteiger partial charge in [0.2, 0.25) is 23.5 Å². The third-order valence-electron chi connectivity index (χ3n) is 11.0. The number of likely N-dealkylation sites (tertiary alicyclic amines) is 1. The number of nitrogens with zero attached hydrogens (tertiary/aromatic N) is 2. The van der Waals surface area contributed by atoms with Gasteiger partial charge in [-0.05, 0) is 75.6 Å². The normalized spacial score (nSPS) is 24.2. The van der Waals surface area contributed by atoms with E-state index in [1.807, 2.05) is 50.2 Å². The Balaban J connectivity index is 1.27. The van der Waals surface area contributed by atoms with Crippen LogP contribution in [0.3, 0.4) is 0 Å². The van der Waals surface area contributed by atoms with Crippen molar-refractivity contribution in [3.05, 3.63) is 64.2 Å². The van der Waals surface area contributed by atoms with Crippen molar-refractivity contribution in [2.75, 3.05) is 20.8 Å². The van der Waals surface area contributed by atoms with Crippen molar-refractivity contribution in [1.29, 1.82) is 0 Å². The largest absolute Gasteiger partial charge is 0.495 e. The molecule has 13 nitrogen and oxygen atoms in total. The highest BCUT2D eigenvalue weighted by molar-refractivity contribution is 6.38. The molecular weight excluding hydrogens is 714 g/mol. The van der Waals surface area contributed by atoms with Crippen LogP contribution in [0.2, 0.25) is 5.02 Å². The molecule has 0 unspecified atom stereocenters. The molecule has 2 aliphatic heterocycles. The van der Waals surface area contributed by atoms with E-state index in [0.29, 0.717) is 34.9 Å². The molecule has 2 heterocycles. The van der Waals surface area contributed by atoms with Crippen LogP contribution in [0.4, 0.5) is 0 Å². The van der Waals surface area contributed by atoms with Crippen molar-refractivity contribution in [2.45, 2.75) is 114 Å². The molecule has 2 aromatic rings. The molecule has 6 atom stereocenters. The monoisotopic (exact) mass is 763 g/mol. The number of oxime groups is 1. The second-order valence-electron chi connectivity index (χ2n) is 15.6. The Hall–Kier alpha value is -4.49. The number of aryl methyl sites for hydroxylation is 1. The van der Waals surface area contributed by atoms with E-state index in [0.717, 1.165) is 24.0 Å². The van der Waals surface area contributed by atoms with Gasteiger partial charge in [0.25, 0.3) is 5.91 Å². The van der Waals surface area contributed by atoms with Gasteiger partial charge in [-0.2, -0.15) is 0 Å². The minimum absolute atomic E-state index is 0.0314. The number of Topliss-reactive ketones (excluding diaryl/α,β-unsaturated/α-hetero) is 1. The number of carbonyl (C=O) groups excluding carboxylic acids is 5. The first kappa shape index (κ1) is 39.2. The van der Waals surface area contributed by atoms with Crippen molar-refractivity contribution in [3.8, 4) is 5.75 Å². The van der Waals surface area contributed by atoms with Gasteiger partial charge in [0.15, 0.2) is 5.60 Å². The third-order valence-corrected chi connectivity index (χ3v) is 11.3. The zero-order valence-electron chi connectivity index (χ0n) is 31.7. The summed E-state index contributed by atoms with van der Waals surface area (Å²) in [6.45, 7) is 7.08. The molecule has 4 amide bonds. The van der Waals surface area contributed by atoms with Crippen LogP contribution in [0.15, 0.2) is 47.6 Å². The molecule has 2 saturated carbocycles. The summed E-state index contributed by atoms with van der Waals surface area (Å²) in [7, 11) is 3.00. The van der Waals surface area contributed by atoms with E-state index in [4.69, 9.17) is 25.9 Å².